The molecule has 4 rings (SSSR count). The fourth-order valence-corrected chi connectivity index (χ4v) is 3.99. The van der Waals surface area contributed by atoms with Crippen LogP contribution in [0.15, 0.2) is 49.1 Å². The van der Waals surface area contributed by atoms with Crippen molar-refractivity contribution in [2.75, 3.05) is 26.2 Å². The molecule has 1 aliphatic heterocycles. The Hall–Kier alpha value is -2.31. The van der Waals surface area contributed by atoms with Gasteiger partial charge in [-0.15, -0.1) is 0 Å². The first-order valence-corrected chi connectivity index (χ1v) is 9.96. The van der Waals surface area contributed by atoms with Crippen LogP contribution in [0.2, 0.25) is 0 Å². The molecular formula is C21H28N6. The van der Waals surface area contributed by atoms with Gasteiger partial charge in [0.1, 0.15) is 6.33 Å². The van der Waals surface area contributed by atoms with E-state index in [1.54, 1.807) is 6.33 Å². The Balaban J connectivity index is 1.47. The molecule has 1 saturated heterocycles. The summed E-state index contributed by atoms with van der Waals surface area (Å²) in [6, 6.07) is 11.1. The average molecular weight is 364 g/mol. The SMILES string of the molecule is CCN1CCC(N(CCc2ccccn2)Cc2ccn3ncnc3c2)CC1. The summed E-state index contributed by atoms with van der Waals surface area (Å²) in [7, 11) is 0. The Bertz CT molecular complexity index is 838. The molecule has 142 valence electrons. The highest BCUT2D eigenvalue weighted by Crippen LogP contribution is 2.20. The minimum absolute atomic E-state index is 0.630. The van der Waals surface area contributed by atoms with Crippen molar-refractivity contribution in [3.8, 4) is 0 Å². The molecule has 4 heterocycles. The number of hydrogen-bond donors (Lipinski definition) is 0. The summed E-state index contributed by atoms with van der Waals surface area (Å²) in [5, 5.41) is 4.20. The maximum Gasteiger partial charge on any atom is 0.155 e. The quantitative estimate of drug-likeness (QED) is 0.645. The number of aromatic nitrogens is 4. The van der Waals surface area contributed by atoms with Crippen LogP contribution in [0.25, 0.3) is 5.65 Å². The smallest absolute Gasteiger partial charge is 0.155 e. The predicted octanol–water partition coefficient (Wildman–Crippen LogP) is 2.65. The summed E-state index contributed by atoms with van der Waals surface area (Å²) in [4.78, 5) is 14.0. The van der Waals surface area contributed by atoms with Crippen LogP contribution in [0.4, 0.5) is 0 Å². The maximum atomic E-state index is 4.51. The lowest BCUT2D eigenvalue weighted by molar-refractivity contribution is 0.106. The number of piperidine rings is 1. The highest BCUT2D eigenvalue weighted by atomic mass is 15.3. The molecule has 27 heavy (non-hydrogen) atoms. The molecule has 1 fully saturated rings. The van der Waals surface area contributed by atoms with Gasteiger partial charge in [0, 0.05) is 43.6 Å². The van der Waals surface area contributed by atoms with Crippen LogP contribution in [0.1, 0.15) is 31.0 Å². The van der Waals surface area contributed by atoms with Crippen LogP contribution in [0.3, 0.4) is 0 Å². The van der Waals surface area contributed by atoms with Gasteiger partial charge in [0.25, 0.3) is 0 Å². The molecule has 6 nitrogen and oxygen atoms in total. The van der Waals surface area contributed by atoms with Crippen molar-refractivity contribution >= 4 is 5.65 Å². The lowest BCUT2D eigenvalue weighted by Gasteiger charge is -2.38. The summed E-state index contributed by atoms with van der Waals surface area (Å²) in [6.07, 6.45) is 8.97. The Morgan fingerprint density at radius 3 is 2.81 bits per heavy atom. The molecule has 0 saturated carbocycles. The van der Waals surface area contributed by atoms with Gasteiger partial charge in [-0.1, -0.05) is 13.0 Å². The Morgan fingerprint density at radius 1 is 1.15 bits per heavy atom. The molecule has 3 aromatic rings. The standard InChI is InChI=1S/C21H28N6/c1-2-25-11-8-20(9-12-25)26(13-7-19-5-3-4-10-22-19)16-18-6-14-27-21(15-18)23-17-24-27/h3-6,10,14-15,17,20H,2,7-9,11-13,16H2,1H3. The van der Waals surface area contributed by atoms with E-state index < -0.39 is 0 Å². The molecule has 0 amide bonds. The number of hydrogen-bond acceptors (Lipinski definition) is 5. The minimum atomic E-state index is 0.630. The number of nitrogens with zero attached hydrogens (tertiary/aromatic N) is 6. The van der Waals surface area contributed by atoms with Gasteiger partial charge in [-0.05, 0) is 62.3 Å². The number of fused-ring (bicyclic) bond motifs is 1. The van der Waals surface area contributed by atoms with Crippen LogP contribution in [0.5, 0.6) is 0 Å². The first-order valence-electron chi connectivity index (χ1n) is 9.96. The molecule has 0 bridgehead atoms. The third-order valence-electron chi connectivity index (χ3n) is 5.63. The van der Waals surface area contributed by atoms with Crippen molar-refractivity contribution in [1.82, 2.24) is 29.4 Å². The zero-order chi connectivity index (χ0) is 18.5. The summed E-state index contributed by atoms with van der Waals surface area (Å²) >= 11 is 0. The second kappa shape index (κ2) is 8.59. The van der Waals surface area contributed by atoms with Crippen LogP contribution in [0, 0.1) is 0 Å². The van der Waals surface area contributed by atoms with E-state index in [9.17, 15) is 0 Å². The normalized spacial score (nSPS) is 16.4. The van der Waals surface area contributed by atoms with Gasteiger partial charge in [0.15, 0.2) is 5.65 Å². The van der Waals surface area contributed by atoms with E-state index in [0.717, 1.165) is 31.7 Å². The van der Waals surface area contributed by atoms with Crippen LogP contribution in [-0.4, -0.2) is 61.6 Å². The van der Waals surface area contributed by atoms with Crippen molar-refractivity contribution in [3.63, 3.8) is 0 Å². The van der Waals surface area contributed by atoms with Gasteiger partial charge in [0.2, 0.25) is 0 Å². The highest BCUT2D eigenvalue weighted by molar-refractivity contribution is 5.39. The van der Waals surface area contributed by atoms with Gasteiger partial charge in [-0.25, -0.2) is 9.50 Å². The van der Waals surface area contributed by atoms with E-state index in [1.807, 2.05) is 23.0 Å². The molecule has 0 unspecified atom stereocenters. The van der Waals surface area contributed by atoms with Crippen molar-refractivity contribution in [2.24, 2.45) is 0 Å². The van der Waals surface area contributed by atoms with Crippen molar-refractivity contribution < 1.29 is 0 Å². The molecule has 0 radical (unpaired) electrons. The summed E-state index contributed by atoms with van der Waals surface area (Å²) in [6.45, 7) is 7.80. The van der Waals surface area contributed by atoms with Crippen LogP contribution < -0.4 is 0 Å². The third-order valence-corrected chi connectivity index (χ3v) is 5.63. The molecular weight excluding hydrogens is 336 g/mol. The van der Waals surface area contributed by atoms with E-state index >= 15 is 0 Å². The molecule has 0 aromatic carbocycles. The third kappa shape index (κ3) is 4.51. The summed E-state index contributed by atoms with van der Waals surface area (Å²) < 4.78 is 1.82. The van der Waals surface area contributed by atoms with Crippen molar-refractivity contribution in [3.05, 3.63) is 60.3 Å². The fraction of sp³-hybridized carbons (Fsp3) is 0.476. The molecule has 0 spiro atoms. The minimum Gasteiger partial charge on any atom is -0.303 e. The number of likely N-dealkylation sites (tertiary alicyclic amines) is 1. The second-order valence-corrected chi connectivity index (χ2v) is 7.30. The molecule has 6 heteroatoms. The Morgan fingerprint density at radius 2 is 2.04 bits per heavy atom. The largest absolute Gasteiger partial charge is 0.303 e. The van der Waals surface area contributed by atoms with E-state index in [0.29, 0.717) is 6.04 Å². The van der Waals surface area contributed by atoms with Gasteiger partial charge in [0.05, 0.1) is 0 Å². The van der Waals surface area contributed by atoms with E-state index in [4.69, 9.17) is 0 Å². The van der Waals surface area contributed by atoms with Gasteiger partial charge < -0.3 is 4.90 Å². The molecule has 0 aliphatic carbocycles. The van der Waals surface area contributed by atoms with Gasteiger partial charge in [-0.3, -0.25) is 9.88 Å². The van der Waals surface area contributed by atoms with Gasteiger partial charge in [-0.2, -0.15) is 5.10 Å². The zero-order valence-corrected chi connectivity index (χ0v) is 16.0. The monoisotopic (exact) mass is 364 g/mol. The van der Waals surface area contributed by atoms with Crippen LogP contribution in [-0.2, 0) is 13.0 Å². The Labute approximate surface area is 160 Å². The topological polar surface area (TPSA) is 49.6 Å². The van der Waals surface area contributed by atoms with Crippen molar-refractivity contribution in [2.45, 2.75) is 38.8 Å². The van der Waals surface area contributed by atoms with E-state index in [-0.39, 0.29) is 0 Å². The number of pyridine rings is 2. The lowest BCUT2D eigenvalue weighted by Crippen LogP contribution is -2.45. The summed E-state index contributed by atoms with van der Waals surface area (Å²) in [5.74, 6) is 0. The Kier molecular flexibility index (Phi) is 5.75. The second-order valence-electron chi connectivity index (χ2n) is 7.30. The van der Waals surface area contributed by atoms with Crippen molar-refractivity contribution in [1.29, 1.82) is 0 Å². The predicted molar refractivity (Wildman–Crippen MR) is 106 cm³/mol. The first kappa shape index (κ1) is 18.1. The first-order chi connectivity index (χ1) is 13.3. The van der Waals surface area contributed by atoms with E-state index in [1.165, 1.54) is 37.2 Å². The summed E-state index contributed by atoms with van der Waals surface area (Å²) in [5.41, 5.74) is 3.38. The molecule has 3 aromatic heterocycles. The molecule has 0 N–H and O–H groups in total. The zero-order valence-electron chi connectivity index (χ0n) is 16.0. The van der Waals surface area contributed by atoms with Gasteiger partial charge >= 0.3 is 0 Å². The molecule has 0 atom stereocenters. The highest BCUT2D eigenvalue weighted by Gasteiger charge is 2.24. The number of rotatable bonds is 7. The van der Waals surface area contributed by atoms with Crippen LogP contribution >= 0.6 is 0 Å². The lowest BCUT2D eigenvalue weighted by atomic mass is 10.0. The fourth-order valence-electron chi connectivity index (χ4n) is 3.99. The molecule has 1 aliphatic rings. The van der Waals surface area contributed by atoms with E-state index in [2.05, 4.69) is 56.1 Å². The maximum absolute atomic E-state index is 4.51. The average Bonchev–Trinajstić information content (AvgIpc) is 3.20.